The Hall–Kier alpha value is -1.85. The molecule has 0 radical (unpaired) electrons. The van der Waals surface area contributed by atoms with Gasteiger partial charge in [-0.2, -0.15) is 0 Å². The number of oxazole rings is 1. The van der Waals surface area contributed by atoms with Crippen molar-refractivity contribution < 1.29 is 14.0 Å². The van der Waals surface area contributed by atoms with Gasteiger partial charge in [0, 0.05) is 38.3 Å². The lowest BCUT2D eigenvalue weighted by molar-refractivity contribution is -0.122. The van der Waals surface area contributed by atoms with Gasteiger partial charge in [0.05, 0.1) is 5.69 Å². The summed E-state index contributed by atoms with van der Waals surface area (Å²) in [5, 5.41) is 5.37. The van der Waals surface area contributed by atoms with Gasteiger partial charge in [-0.3, -0.25) is 9.59 Å². The minimum Gasteiger partial charge on any atom is -0.445 e. The molecule has 118 valence electrons. The molecule has 1 aromatic heterocycles. The van der Waals surface area contributed by atoms with Crippen molar-refractivity contribution in [3.63, 3.8) is 0 Å². The number of carbonyl (C=O) groups excluding carboxylic acids is 2. The maximum Gasteiger partial charge on any atom is 0.220 e. The first-order chi connectivity index (χ1) is 9.70. The average molecular weight is 295 g/mol. The topological polar surface area (TPSA) is 84.2 Å². The monoisotopic (exact) mass is 295 g/mol. The van der Waals surface area contributed by atoms with Crippen molar-refractivity contribution in [2.24, 2.45) is 0 Å². The van der Waals surface area contributed by atoms with Gasteiger partial charge in [0.25, 0.3) is 0 Å². The zero-order valence-corrected chi connectivity index (χ0v) is 13.5. The van der Waals surface area contributed by atoms with Crippen LogP contribution < -0.4 is 10.6 Å². The summed E-state index contributed by atoms with van der Waals surface area (Å²) in [6, 6.07) is 0. The Morgan fingerprint density at radius 2 is 1.81 bits per heavy atom. The molecule has 6 heteroatoms. The molecule has 0 aliphatic heterocycles. The highest BCUT2D eigenvalue weighted by Gasteiger charge is 2.22. The minimum absolute atomic E-state index is 0.0616. The smallest absolute Gasteiger partial charge is 0.220 e. The van der Waals surface area contributed by atoms with Gasteiger partial charge in [0.15, 0.2) is 5.89 Å². The van der Waals surface area contributed by atoms with Crippen molar-refractivity contribution in [1.82, 2.24) is 15.6 Å². The first kappa shape index (κ1) is 17.2. The van der Waals surface area contributed by atoms with Crippen LogP contribution in [0.2, 0.25) is 0 Å². The van der Waals surface area contributed by atoms with Crippen LogP contribution in [0.3, 0.4) is 0 Å². The molecule has 0 spiro atoms. The molecular weight excluding hydrogens is 270 g/mol. The van der Waals surface area contributed by atoms with Gasteiger partial charge in [0.2, 0.25) is 11.8 Å². The molecule has 0 fully saturated rings. The summed E-state index contributed by atoms with van der Waals surface area (Å²) < 4.78 is 5.74. The maximum absolute atomic E-state index is 11.7. The van der Waals surface area contributed by atoms with Gasteiger partial charge < -0.3 is 15.1 Å². The van der Waals surface area contributed by atoms with Crippen molar-refractivity contribution in [3.8, 4) is 0 Å². The highest BCUT2D eigenvalue weighted by Crippen LogP contribution is 2.24. The van der Waals surface area contributed by atoms with Gasteiger partial charge in [-0.15, -0.1) is 0 Å². The predicted molar refractivity (Wildman–Crippen MR) is 80.0 cm³/mol. The van der Waals surface area contributed by atoms with Crippen LogP contribution in [0.5, 0.6) is 0 Å². The molecule has 0 unspecified atom stereocenters. The lowest BCUT2D eigenvalue weighted by Gasteiger charge is -2.12. The number of rotatable bonds is 6. The Kier molecular flexibility index (Phi) is 5.93. The van der Waals surface area contributed by atoms with Gasteiger partial charge in [0.1, 0.15) is 5.76 Å². The summed E-state index contributed by atoms with van der Waals surface area (Å²) in [6.07, 6.45) is 0.876. The SMILES string of the molecule is CC(=O)NCCNC(=O)CCc1oc(C(C)(C)C)nc1C. The van der Waals surface area contributed by atoms with E-state index in [4.69, 9.17) is 4.42 Å². The van der Waals surface area contributed by atoms with Crippen molar-refractivity contribution in [1.29, 1.82) is 0 Å². The summed E-state index contributed by atoms with van der Waals surface area (Å²) in [4.78, 5) is 26.8. The summed E-state index contributed by atoms with van der Waals surface area (Å²) in [7, 11) is 0. The van der Waals surface area contributed by atoms with Gasteiger partial charge >= 0.3 is 0 Å². The third-order valence-corrected chi connectivity index (χ3v) is 2.93. The van der Waals surface area contributed by atoms with Crippen LogP contribution in [-0.2, 0) is 21.4 Å². The number of hydrogen-bond donors (Lipinski definition) is 2. The van der Waals surface area contributed by atoms with E-state index in [-0.39, 0.29) is 17.2 Å². The Labute approximate surface area is 125 Å². The lowest BCUT2D eigenvalue weighted by atomic mass is 9.97. The zero-order chi connectivity index (χ0) is 16.0. The lowest BCUT2D eigenvalue weighted by Crippen LogP contribution is -2.33. The fraction of sp³-hybridized carbons (Fsp3) is 0.667. The highest BCUT2D eigenvalue weighted by molar-refractivity contribution is 5.76. The summed E-state index contributed by atoms with van der Waals surface area (Å²) in [5.74, 6) is 1.29. The van der Waals surface area contributed by atoms with Gasteiger partial charge in [-0.05, 0) is 6.92 Å². The number of carbonyl (C=O) groups is 2. The summed E-state index contributed by atoms with van der Waals surface area (Å²) in [6.45, 7) is 10.3. The molecule has 0 aromatic carbocycles. The number of aryl methyl sites for hydroxylation is 2. The molecule has 0 bridgehead atoms. The normalized spacial score (nSPS) is 11.3. The predicted octanol–water partition coefficient (Wildman–Crippen LogP) is 1.47. The molecule has 0 atom stereocenters. The highest BCUT2D eigenvalue weighted by atomic mass is 16.4. The quantitative estimate of drug-likeness (QED) is 0.778. The minimum atomic E-state index is -0.135. The molecule has 2 N–H and O–H groups in total. The first-order valence-corrected chi connectivity index (χ1v) is 7.18. The van der Waals surface area contributed by atoms with Crippen LogP contribution in [0, 0.1) is 6.92 Å². The number of aromatic nitrogens is 1. The van der Waals surface area contributed by atoms with Crippen LogP contribution in [-0.4, -0.2) is 29.9 Å². The fourth-order valence-electron chi connectivity index (χ4n) is 1.74. The van der Waals surface area contributed by atoms with E-state index in [1.54, 1.807) is 0 Å². The Morgan fingerprint density at radius 1 is 1.19 bits per heavy atom. The first-order valence-electron chi connectivity index (χ1n) is 7.18. The largest absolute Gasteiger partial charge is 0.445 e. The second-order valence-corrected chi connectivity index (χ2v) is 6.11. The van der Waals surface area contributed by atoms with Gasteiger partial charge in [-0.25, -0.2) is 4.98 Å². The third-order valence-electron chi connectivity index (χ3n) is 2.93. The summed E-state index contributed by atoms with van der Waals surface area (Å²) in [5.41, 5.74) is 0.704. The van der Waals surface area contributed by atoms with Crippen LogP contribution >= 0.6 is 0 Å². The summed E-state index contributed by atoms with van der Waals surface area (Å²) >= 11 is 0. The molecule has 6 nitrogen and oxygen atoms in total. The van der Waals surface area contributed by atoms with Crippen molar-refractivity contribution in [3.05, 3.63) is 17.3 Å². The third kappa shape index (κ3) is 5.97. The molecule has 0 aliphatic rings. The van der Waals surface area contributed by atoms with Gasteiger partial charge in [-0.1, -0.05) is 20.8 Å². The second-order valence-electron chi connectivity index (χ2n) is 6.11. The molecule has 21 heavy (non-hydrogen) atoms. The Morgan fingerprint density at radius 3 is 2.33 bits per heavy atom. The molecule has 0 aliphatic carbocycles. The maximum atomic E-state index is 11.7. The van der Waals surface area contributed by atoms with Crippen LogP contribution in [0.4, 0.5) is 0 Å². The number of nitrogens with zero attached hydrogens (tertiary/aromatic N) is 1. The molecule has 0 saturated carbocycles. The molecule has 0 saturated heterocycles. The number of hydrogen-bond acceptors (Lipinski definition) is 4. The van der Waals surface area contributed by atoms with Crippen LogP contribution in [0.1, 0.15) is 51.5 Å². The van der Waals surface area contributed by atoms with E-state index in [0.717, 1.165) is 11.5 Å². The van der Waals surface area contributed by atoms with E-state index in [1.807, 2.05) is 27.7 Å². The van der Waals surface area contributed by atoms with Crippen molar-refractivity contribution in [2.75, 3.05) is 13.1 Å². The Balaban J connectivity index is 2.39. The molecule has 1 aromatic rings. The van der Waals surface area contributed by atoms with E-state index in [0.29, 0.717) is 31.8 Å². The number of amides is 2. The molecular formula is C15H25N3O3. The van der Waals surface area contributed by atoms with Crippen LogP contribution in [0.25, 0.3) is 0 Å². The standard InChI is InChI=1S/C15H25N3O3/c1-10-12(21-14(18-10)15(3,4)5)6-7-13(20)17-9-8-16-11(2)19/h6-9H2,1-5H3,(H,16,19)(H,17,20). The average Bonchev–Trinajstić information content (AvgIpc) is 2.73. The Bertz CT molecular complexity index is 501. The van der Waals surface area contributed by atoms with E-state index >= 15 is 0 Å². The zero-order valence-electron chi connectivity index (χ0n) is 13.5. The fourth-order valence-corrected chi connectivity index (χ4v) is 1.74. The second kappa shape index (κ2) is 7.24. The number of nitrogens with one attached hydrogen (secondary N) is 2. The van der Waals surface area contributed by atoms with E-state index in [1.165, 1.54) is 6.92 Å². The van der Waals surface area contributed by atoms with E-state index in [9.17, 15) is 9.59 Å². The van der Waals surface area contributed by atoms with E-state index in [2.05, 4.69) is 15.6 Å². The van der Waals surface area contributed by atoms with Crippen LogP contribution in [0.15, 0.2) is 4.42 Å². The van der Waals surface area contributed by atoms with E-state index < -0.39 is 0 Å². The van der Waals surface area contributed by atoms with Crippen molar-refractivity contribution in [2.45, 2.75) is 52.9 Å². The molecule has 1 heterocycles. The molecule has 2 amide bonds. The van der Waals surface area contributed by atoms with Crippen molar-refractivity contribution >= 4 is 11.8 Å². The molecule has 1 rings (SSSR count).